The maximum Gasteiger partial charge on any atom is 0.433 e. The van der Waals surface area contributed by atoms with Gasteiger partial charge in [0, 0.05) is 12.3 Å². The number of carbonyl (C=O) groups excluding carboxylic acids is 1. The van der Waals surface area contributed by atoms with Gasteiger partial charge in [0.1, 0.15) is 23.0 Å². The molecule has 0 saturated heterocycles. The fourth-order valence-corrected chi connectivity index (χ4v) is 1.43. The lowest BCUT2D eigenvalue weighted by Crippen LogP contribution is -2.15. The highest BCUT2D eigenvalue weighted by molar-refractivity contribution is 6.29. The third-order valence-electron chi connectivity index (χ3n) is 2.19. The molecule has 0 bridgehead atoms. The molecule has 1 amide bonds. The van der Waals surface area contributed by atoms with Crippen LogP contribution in [0.2, 0.25) is 5.15 Å². The van der Waals surface area contributed by atoms with Crippen LogP contribution in [-0.2, 0) is 6.18 Å². The summed E-state index contributed by atoms with van der Waals surface area (Å²) in [7, 11) is 0. The fourth-order valence-electron chi connectivity index (χ4n) is 1.29. The normalized spacial score (nSPS) is 11.2. The van der Waals surface area contributed by atoms with Crippen LogP contribution in [0, 0.1) is 0 Å². The van der Waals surface area contributed by atoms with Crippen LogP contribution in [0.25, 0.3) is 0 Å². The minimum atomic E-state index is -4.55. The second-order valence-electron chi connectivity index (χ2n) is 3.61. The molecule has 5 nitrogen and oxygen atoms in total. The van der Waals surface area contributed by atoms with Gasteiger partial charge in [-0.1, -0.05) is 11.6 Å². The van der Waals surface area contributed by atoms with Gasteiger partial charge in [-0.15, -0.1) is 0 Å². The largest absolute Gasteiger partial charge is 0.433 e. The minimum absolute atomic E-state index is 0.0345. The molecule has 0 aliphatic heterocycles. The van der Waals surface area contributed by atoms with E-state index in [1.165, 1.54) is 6.07 Å². The highest BCUT2D eigenvalue weighted by Crippen LogP contribution is 2.27. The van der Waals surface area contributed by atoms with Crippen molar-refractivity contribution in [1.29, 1.82) is 0 Å². The van der Waals surface area contributed by atoms with Crippen LogP contribution in [0.4, 0.5) is 19.0 Å². The Morgan fingerprint density at radius 2 is 1.95 bits per heavy atom. The summed E-state index contributed by atoms with van der Waals surface area (Å²) in [6, 6.07) is 3.05. The molecule has 0 radical (unpaired) electrons. The van der Waals surface area contributed by atoms with Crippen molar-refractivity contribution >= 4 is 23.3 Å². The van der Waals surface area contributed by atoms with Crippen molar-refractivity contribution < 1.29 is 18.0 Å². The molecule has 0 unspecified atom stereocenters. The van der Waals surface area contributed by atoms with Gasteiger partial charge in [0.15, 0.2) is 0 Å². The third kappa shape index (κ3) is 3.41. The van der Waals surface area contributed by atoms with Gasteiger partial charge in [0.05, 0.1) is 5.56 Å². The summed E-state index contributed by atoms with van der Waals surface area (Å²) in [5, 5.41) is 2.49. The van der Waals surface area contributed by atoms with Crippen LogP contribution >= 0.6 is 11.6 Å². The summed E-state index contributed by atoms with van der Waals surface area (Å²) in [5.41, 5.74) is -1.10. The zero-order valence-electron chi connectivity index (χ0n) is 9.65. The predicted octanol–water partition coefficient (Wildman–Crippen LogP) is 2.80. The van der Waals surface area contributed by atoms with Crippen molar-refractivity contribution in [2.75, 3.05) is 5.32 Å². The Morgan fingerprint density at radius 3 is 2.50 bits per heavy atom. The molecule has 0 fully saturated rings. The zero-order chi connectivity index (χ0) is 14.8. The Labute approximate surface area is 115 Å². The van der Waals surface area contributed by atoms with Crippen LogP contribution < -0.4 is 5.32 Å². The number of amides is 1. The maximum atomic E-state index is 12.3. The lowest BCUT2D eigenvalue weighted by Gasteiger charge is -2.07. The summed E-state index contributed by atoms with van der Waals surface area (Å²) in [6.07, 6.45) is -2.57. The summed E-state index contributed by atoms with van der Waals surface area (Å²) >= 11 is 5.61. The van der Waals surface area contributed by atoms with Crippen LogP contribution in [0.15, 0.2) is 30.7 Å². The number of pyridine rings is 1. The highest BCUT2D eigenvalue weighted by Gasteiger charge is 2.32. The van der Waals surface area contributed by atoms with Gasteiger partial charge in [-0.05, 0) is 12.1 Å². The van der Waals surface area contributed by atoms with Gasteiger partial charge >= 0.3 is 6.18 Å². The van der Waals surface area contributed by atoms with E-state index in [1.807, 2.05) is 0 Å². The number of rotatable bonds is 2. The maximum absolute atomic E-state index is 12.3. The van der Waals surface area contributed by atoms with Crippen molar-refractivity contribution in [1.82, 2.24) is 15.0 Å². The molecular formula is C11H6ClF3N4O. The van der Waals surface area contributed by atoms with E-state index in [1.54, 1.807) is 0 Å². The average Bonchev–Trinajstić information content (AvgIpc) is 2.38. The third-order valence-corrected chi connectivity index (χ3v) is 2.40. The first-order valence-corrected chi connectivity index (χ1v) is 5.56. The Morgan fingerprint density at radius 1 is 1.20 bits per heavy atom. The van der Waals surface area contributed by atoms with Gasteiger partial charge < -0.3 is 5.32 Å². The SMILES string of the molecule is O=C(Nc1cc(Cl)ncn1)c1ccc(C(F)(F)F)nc1. The number of halogens is 4. The van der Waals surface area contributed by atoms with Gasteiger partial charge in [0.2, 0.25) is 0 Å². The first-order valence-electron chi connectivity index (χ1n) is 5.18. The quantitative estimate of drug-likeness (QED) is 0.866. The van der Waals surface area contributed by atoms with Crippen LogP contribution in [0.3, 0.4) is 0 Å². The zero-order valence-corrected chi connectivity index (χ0v) is 10.4. The summed E-state index contributed by atoms with van der Waals surface area (Å²) in [4.78, 5) is 22.3. The topological polar surface area (TPSA) is 67.8 Å². The Kier molecular flexibility index (Phi) is 3.84. The Bertz CT molecular complexity index is 630. The molecule has 9 heteroatoms. The molecule has 2 rings (SSSR count). The second kappa shape index (κ2) is 5.41. The van der Waals surface area contributed by atoms with Crippen molar-refractivity contribution in [3.8, 4) is 0 Å². The lowest BCUT2D eigenvalue weighted by molar-refractivity contribution is -0.141. The molecule has 104 valence electrons. The molecule has 0 aliphatic carbocycles. The second-order valence-corrected chi connectivity index (χ2v) is 4.00. The predicted molar refractivity (Wildman–Crippen MR) is 64.2 cm³/mol. The molecule has 0 aromatic carbocycles. The van der Waals surface area contributed by atoms with E-state index >= 15 is 0 Å². The molecule has 0 aliphatic rings. The fraction of sp³-hybridized carbons (Fsp3) is 0.0909. The first-order chi connectivity index (χ1) is 9.36. The van der Waals surface area contributed by atoms with E-state index < -0.39 is 17.8 Å². The van der Waals surface area contributed by atoms with Gasteiger partial charge in [-0.25, -0.2) is 9.97 Å². The lowest BCUT2D eigenvalue weighted by atomic mass is 10.2. The average molecular weight is 303 g/mol. The van der Waals surface area contributed by atoms with Gasteiger partial charge in [0.25, 0.3) is 5.91 Å². The molecule has 1 N–H and O–H groups in total. The number of carbonyl (C=O) groups is 1. The van der Waals surface area contributed by atoms with E-state index in [-0.39, 0.29) is 16.5 Å². The summed E-state index contributed by atoms with van der Waals surface area (Å²) in [5.74, 6) is -0.518. The molecule has 0 atom stereocenters. The molecule has 2 aromatic rings. The monoisotopic (exact) mass is 302 g/mol. The number of aromatic nitrogens is 3. The van der Waals surface area contributed by atoms with E-state index in [0.29, 0.717) is 0 Å². The van der Waals surface area contributed by atoms with E-state index in [0.717, 1.165) is 24.7 Å². The van der Waals surface area contributed by atoms with Crippen molar-refractivity contribution in [2.45, 2.75) is 6.18 Å². The number of nitrogens with zero attached hydrogens (tertiary/aromatic N) is 3. The standard InChI is InChI=1S/C11H6ClF3N4O/c12-8-3-9(18-5-17-8)19-10(20)6-1-2-7(16-4-6)11(13,14)15/h1-5H,(H,17,18,19,20). The summed E-state index contributed by atoms with van der Waals surface area (Å²) in [6.45, 7) is 0. The summed E-state index contributed by atoms with van der Waals surface area (Å²) < 4.78 is 37.0. The Balaban J connectivity index is 2.14. The molecule has 20 heavy (non-hydrogen) atoms. The van der Waals surface area contributed by atoms with Crippen molar-refractivity contribution in [3.63, 3.8) is 0 Å². The molecule has 2 aromatic heterocycles. The van der Waals surface area contributed by atoms with E-state index in [2.05, 4.69) is 20.3 Å². The van der Waals surface area contributed by atoms with Crippen LogP contribution in [0.5, 0.6) is 0 Å². The molecule has 0 spiro atoms. The van der Waals surface area contributed by atoms with Crippen LogP contribution in [0.1, 0.15) is 16.1 Å². The number of nitrogens with one attached hydrogen (secondary N) is 1. The number of anilines is 1. The van der Waals surface area contributed by atoms with Crippen LogP contribution in [-0.4, -0.2) is 20.9 Å². The van der Waals surface area contributed by atoms with E-state index in [4.69, 9.17) is 11.6 Å². The molecular weight excluding hydrogens is 297 g/mol. The van der Waals surface area contributed by atoms with Crippen molar-refractivity contribution in [2.24, 2.45) is 0 Å². The highest BCUT2D eigenvalue weighted by atomic mass is 35.5. The van der Waals surface area contributed by atoms with Gasteiger partial charge in [-0.3, -0.25) is 9.78 Å². The Hall–Kier alpha value is -2.22. The van der Waals surface area contributed by atoms with E-state index in [9.17, 15) is 18.0 Å². The minimum Gasteiger partial charge on any atom is -0.306 e. The molecule has 0 saturated carbocycles. The number of hydrogen-bond acceptors (Lipinski definition) is 4. The number of hydrogen-bond donors (Lipinski definition) is 1. The van der Waals surface area contributed by atoms with Crippen molar-refractivity contribution in [3.05, 3.63) is 47.1 Å². The first kappa shape index (κ1) is 14.2. The smallest absolute Gasteiger partial charge is 0.306 e. The van der Waals surface area contributed by atoms with Gasteiger partial charge in [-0.2, -0.15) is 13.2 Å². The number of alkyl halides is 3. The molecule has 2 heterocycles.